The summed E-state index contributed by atoms with van der Waals surface area (Å²) in [5.74, 6) is -0.558. The Morgan fingerprint density at radius 1 is 1.14 bits per heavy atom. The van der Waals surface area contributed by atoms with Crippen LogP contribution in [0.1, 0.15) is 25.2 Å². The normalized spacial score (nSPS) is 20.8. The molecule has 0 unspecified atom stereocenters. The van der Waals surface area contributed by atoms with E-state index in [0.717, 1.165) is 5.56 Å². The Kier molecular flexibility index (Phi) is 5.44. The SMILES string of the molecule is O=C(CCN1C(=O)[C@H]2CC=CC[C@H]2C1=O)NCc1nc(-c2ccc(Cl)cc2)no1. The fraction of sp³-hybridized carbons (Fsp3) is 0.350. The zero-order chi connectivity index (χ0) is 20.4. The number of aromatic nitrogens is 2. The number of allylic oxidation sites excluding steroid dienone is 2. The maximum Gasteiger partial charge on any atom is 0.246 e. The van der Waals surface area contributed by atoms with Gasteiger partial charge in [0, 0.05) is 23.6 Å². The molecule has 2 aromatic rings. The summed E-state index contributed by atoms with van der Waals surface area (Å²) >= 11 is 5.86. The Labute approximate surface area is 171 Å². The van der Waals surface area contributed by atoms with Crippen LogP contribution in [0, 0.1) is 11.8 Å². The number of amides is 3. The van der Waals surface area contributed by atoms with E-state index in [1.807, 2.05) is 12.2 Å². The molecular weight excluding hydrogens is 396 g/mol. The second-order valence-electron chi connectivity index (χ2n) is 7.03. The van der Waals surface area contributed by atoms with Crippen LogP contribution in [0.4, 0.5) is 0 Å². The molecule has 1 fully saturated rings. The number of hydrogen-bond acceptors (Lipinski definition) is 6. The number of likely N-dealkylation sites (tertiary alicyclic amines) is 1. The minimum Gasteiger partial charge on any atom is -0.347 e. The van der Waals surface area contributed by atoms with Crippen LogP contribution in [0.5, 0.6) is 0 Å². The maximum atomic E-state index is 12.4. The Morgan fingerprint density at radius 3 is 2.45 bits per heavy atom. The van der Waals surface area contributed by atoms with Crippen LogP contribution in [0.15, 0.2) is 40.9 Å². The highest BCUT2D eigenvalue weighted by Crippen LogP contribution is 2.34. The predicted octanol–water partition coefficient (Wildman–Crippen LogP) is 2.35. The van der Waals surface area contributed by atoms with Crippen molar-refractivity contribution >= 4 is 29.3 Å². The Morgan fingerprint density at radius 2 is 1.79 bits per heavy atom. The summed E-state index contributed by atoms with van der Waals surface area (Å²) in [5.41, 5.74) is 0.748. The van der Waals surface area contributed by atoms with Crippen molar-refractivity contribution in [2.24, 2.45) is 11.8 Å². The molecule has 2 aliphatic rings. The number of carbonyl (C=O) groups excluding carboxylic acids is 3. The van der Waals surface area contributed by atoms with Crippen molar-refractivity contribution < 1.29 is 18.9 Å². The first-order chi connectivity index (χ1) is 14.0. The number of benzene rings is 1. The molecule has 1 aromatic heterocycles. The Hall–Kier alpha value is -3.00. The molecule has 8 nitrogen and oxygen atoms in total. The first-order valence-electron chi connectivity index (χ1n) is 9.38. The van der Waals surface area contributed by atoms with Crippen LogP contribution < -0.4 is 5.32 Å². The van der Waals surface area contributed by atoms with Crippen LogP contribution in [0.25, 0.3) is 11.4 Å². The number of imide groups is 1. The molecule has 0 bridgehead atoms. The van der Waals surface area contributed by atoms with Gasteiger partial charge < -0.3 is 9.84 Å². The van der Waals surface area contributed by atoms with E-state index in [2.05, 4.69) is 15.5 Å². The summed E-state index contributed by atoms with van der Waals surface area (Å²) in [6.07, 6.45) is 5.08. The average Bonchev–Trinajstić information content (AvgIpc) is 3.30. The number of hydrogen-bond donors (Lipinski definition) is 1. The maximum absolute atomic E-state index is 12.4. The fourth-order valence-corrected chi connectivity index (χ4v) is 3.73. The fourth-order valence-electron chi connectivity index (χ4n) is 3.61. The lowest BCUT2D eigenvalue weighted by atomic mass is 9.85. The third kappa shape index (κ3) is 4.07. The van der Waals surface area contributed by atoms with Crippen molar-refractivity contribution in [3.63, 3.8) is 0 Å². The van der Waals surface area contributed by atoms with Crippen molar-refractivity contribution in [2.75, 3.05) is 6.54 Å². The minimum absolute atomic E-state index is 0.0303. The van der Waals surface area contributed by atoms with E-state index >= 15 is 0 Å². The molecule has 1 N–H and O–H groups in total. The second-order valence-corrected chi connectivity index (χ2v) is 7.47. The molecule has 4 rings (SSSR count). The van der Waals surface area contributed by atoms with Gasteiger partial charge in [0.05, 0.1) is 18.4 Å². The van der Waals surface area contributed by atoms with Gasteiger partial charge >= 0.3 is 0 Å². The molecule has 0 radical (unpaired) electrons. The van der Waals surface area contributed by atoms with Crippen LogP contribution >= 0.6 is 11.6 Å². The lowest BCUT2D eigenvalue weighted by molar-refractivity contribution is -0.140. The summed E-state index contributed by atoms with van der Waals surface area (Å²) in [6.45, 7) is 0.146. The third-order valence-electron chi connectivity index (χ3n) is 5.17. The van der Waals surface area contributed by atoms with Crippen molar-refractivity contribution in [2.45, 2.75) is 25.8 Å². The van der Waals surface area contributed by atoms with Gasteiger partial charge in [0.15, 0.2) is 0 Å². The topological polar surface area (TPSA) is 105 Å². The number of nitrogens with one attached hydrogen (secondary N) is 1. The monoisotopic (exact) mass is 414 g/mol. The molecule has 1 aliphatic heterocycles. The molecule has 150 valence electrons. The number of nitrogens with zero attached hydrogens (tertiary/aromatic N) is 3. The molecule has 0 spiro atoms. The summed E-state index contributed by atoms with van der Waals surface area (Å²) in [6, 6.07) is 6.99. The highest BCUT2D eigenvalue weighted by molar-refractivity contribution is 6.30. The van der Waals surface area contributed by atoms with E-state index in [0.29, 0.717) is 23.7 Å². The van der Waals surface area contributed by atoms with Gasteiger partial charge in [-0.25, -0.2) is 0 Å². The van der Waals surface area contributed by atoms with Gasteiger partial charge in [0.1, 0.15) is 0 Å². The van der Waals surface area contributed by atoms with Gasteiger partial charge in [-0.2, -0.15) is 4.98 Å². The lowest BCUT2D eigenvalue weighted by Gasteiger charge is -2.14. The summed E-state index contributed by atoms with van der Waals surface area (Å²) in [4.78, 5) is 42.4. The molecular formula is C20H19ClN4O4. The number of carbonyl (C=O) groups is 3. The zero-order valence-electron chi connectivity index (χ0n) is 15.5. The van der Waals surface area contributed by atoms with E-state index in [1.165, 1.54) is 4.90 Å². The van der Waals surface area contributed by atoms with E-state index in [4.69, 9.17) is 16.1 Å². The first-order valence-corrected chi connectivity index (χ1v) is 9.76. The molecule has 1 aliphatic carbocycles. The van der Waals surface area contributed by atoms with Gasteiger partial charge in [-0.1, -0.05) is 28.9 Å². The second kappa shape index (κ2) is 8.16. The smallest absolute Gasteiger partial charge is 0.246 e. The van der Waals surface area contributed by atoms with Gasteiger partial charge in [0.2, 0.25) is 29.4 Å². The van der Waals surface area contributed by atoms with Crippen molar-refractivity contribution in [3.8, 4) is 11.4 Å². The largest absolute Gasteiger partial charge is 0.347 e. The highest BCUT2D eigenvalue weighted by Gasteiger charge is 2.46. The molecule has 2 atom stereocenters. The predicted molar refractivity (Wildman–Crippen MR) is 103 cm³/mol. The van der Waals surface area contributed by atoms with Crippen LogP contribution in [-0.2, 0) is 20.9 Å². The van der Waals surface area contributed by atoms with E-state index < -0.39 is 0 Å². The van der Waals surface area contributed by atoms with E-state index in [-0.39, 0.29) is 55.0 Å². The standard InChI is InChI=1S/C20H19ClN4O4/c21-13-7-5-12(6-8-13)18-23-17(29-24-18)11-22-16(26)9-10-25-19(27)14-3-1-2-4-15(14)20(25)28/h1-2,5-8,14-15H,3-4,9-11H2,(H,22,26)/t14-,15+. The zero-order valence-corrected chi connectivity index (χ0v) is 16.3. The summed E-state index contributed by atoms with van der Waals surface area (Å²) in [5, 5.41) is 7.16. The lowest BCUT2D eigenvalue weighted by Crippen LogP contribution is -2.35. The number of fused-ring (bicyclic) bond motifs is 1. The number of rotatable bonds is 6. The van der Waals surface area contributed by atoms with Gasteiger partial charge in [-0.05, 0) is 37.1 Å². The quantitative estimate of drug-likeness (QED) is 0.574. The van der Waals surface area contributed by atoms with Crippen LogP contribution in [0.3, 0.4) is 0 Å². The molecule has 1 saturated heterocycles. The van der Waals surface area contributed by atoms with Crippen LogP contribution in [0.2, 0.25) is 5.02 Å². The number of halogens is 1. The molecule has 9 heteroatoms. The molecule has 2 heterocycles. The molecule has 29 heavy (non-hydrogen) atoms. The minimum atomic E-state index is -0.301. The molecule has 0 saturated carbocycles. The Bertz CT molecular complexity index is 943. The van der Waals surface area contributed by atoms with Gasteiger partial charge in [-0.15, -0.1) is 0 Å². The van der Waals surface area contributed by atoms with Crippen molar-refractivity contribution in [3.05, 3.63) is 47.3 Å². The highest BCUT2D eigenvalue weighted by atomic mass is 35.5. The van der Waals surface area contributed by atoms with Gasteiger partial charge in [-0.3, -0.25) is 19.3 Å². The van der Waals surface area contributed by atoms with Crippen molar-refractivity contribution in [1.82, 2.24) is 20.4 Å². The summed E-state index contributed by atoms with van der Waals surface area (Å²) in [7, 11) is 0. The van der Waals surface area contributed by atoms with E-state index in [9.17, 15) is 14.4 Å². The average molecular weight is 415 g/mol. The van der Waals surface area contributed by atoms with Gasteiger partial charge in [0.25, 0.3) is 0 Å². The molecule has 3 amide bonds. The van der Waals surface area contributed by atoms with Crippen molar-refractivity contribution in [1.29, 1.82) is 0 Å². The third-order valence-corrected chi connectivity index (χ3v) is 5.42. The van der Waals surface area contributed by atoms with Crippen LogP contribution in [-0.4, -0.2) is 39.3 Å². The van der Waals surface area contributed by atoms with E-state index in [1.54, 1.807) is 24.3 Å². The Balaban J connectivity index is 1.27. The molecule has 1 aromatic carbocycles. The first kappa shape index (κ1) is 19.3. The summed E-state index contributed by atoms with van der Waals surface area (Å²) < 4.78 is 5.14.